The summed E-state index contributed by atoms with van der Waals surface area (Å²) in [6, 6.07) is 1.66. The standard InChI is InChI=1S/C8H9BrO3S2/c1-5-6(9)3-8(13-5)7(10)4-14(2,11)12/h3H,4H2,1-2H3. The molecule has 0 fully saturated rings. The Bertz CT molecular complexity index is 439. The molecule has 0 aliphatic heterocycles. The molecule has 0 radical (unpaired) electrons. The second-order valence-electron chi connectivity index (χ2n) is 3.01. The van der Waals surface area contributed by atoms with Gasteiger partial charge in [-0.1, -0.05) is 0 Å². The average Bonchev–Trinajstić information content (AvgIpc) is 2.28. The summed E-state index contributed by atoms with van der Waals surface area (Å²) in [7, 11) is -3.23. The van der Waals surface area contributed by atoms with Gasteiger partial charge in [-0.15, -0.1) is 11.3 Å². The van der Waals surface area contributed by atoms with Crippen LogP contribution in [0.25, 0.3) is 0 Å². The Morgan fingerprint density at radius 1 is 1.57 bits per heavy atom. The monoisotopic (exact) mass is 296 g/mol. The van der Waals surface area contributed by atoms with Crippen LogP contribution in [-0.2, 0) is 9.84 Å². The molecule has 1 aromatic heterocycles. The van der Waals surface area contributed by atoms with E-state index >= 15 is 0 Å². The number of hydrogen-bond acceptors (Lipinski definition) is 4. The summed E-state index contributed by atoms with van der Waals surface area (Å²) in [4.78, 5) is 12.9. The Morgan fingerprint density at radius 2 is 2.14 bits per heavy atom. The van der Waals surface area contributed by atoms with Crippen LogP contribution in [0.15, 0.2) is 10.5 Å². The normalized spacial score (nSPS) is 11.6. The molecule has 0 N–H and O–H groups in total. The molecule has 6 heteroatoms. The first-order valence-electron chi connectivity index (χ1n) is 3.76. The lowest BCUT2D eigenvalue weighted by Crippen LogP contribution is -2.13. The number of Topliss-reactive ketones (excluding diaryl/α,β-unsaturated/α-hetero) is 1. The number of sulfone groups is 1. The van der Waals surface area contributed by atoms with E-state index in [0.29, 0.717) is 4.88 Å². The zero-order valence-corrected chi connectivity index (χ0v) is 10.9. The van der Waals surface area contributed by atoms with Crippen molar-refractivity contribution in [3.8, 4) is 0 Å². The lowest BCUT2D eigenvalue weighted by Gasteiger charge is -1.94. The van der Waals surface area contributed by atoms with Gasteiger partial charge in [-0.2, -0.15) is 0 Å². The predicted molar refractivity (Wildman–Crippen MR) is 60.8 cm³/mol. The lowest BCUT2D eigenvalue weighted by atomic mass is 10.3. The summed E-state index contributed by atoms with van der Waals surface area (Å²) >= 11 is 4.58. The van der Waals surface area contributed by atoms with Crippen molar-refractivity contribution in [2.24, 2.45) is 0 Å². The van der Waals surface area contributed by atoms with E-state index in [4.69, 9.17) is 0 Å². The number of thiophene rings is 1. The van der Waals surface area contributed by atoms with Crippen LogP contribution >= 0.6 is 27.3 Å². The molecule has 0 aliphatic carbocycles. The van der Waals surface area contributed by atoms with Gasteiger partial charge in [0.15, 0.2) is 15.6 Å². The summed E-state index contributed by atoms with van der Waals surface area (Å²) in [5.41, 5.74) is 0. The van der Waals surface area contributed by atoms with Crippen molar-refractivity contribution < 1.29 is 13.2 Å². The van der Waals surface area contributed by atoms with E-state index in [1.807, 2.05) is 6.92 Å². The Labute approximate surface area is 95.2 Å². The molecule has 0 aliphatic rings. The average molecular weight is 297 g/mol. The molecule has 78 valence electrons. The molecule has 0 bridgehead atoms. The Kier molecular flexibility index (Phi) is 3.49. The Balaban J connectivity index is 2.91. The van der Waals surface area contributed by atoms with Crippen LogP contribution in [0.5, 0.6) is 0 Å². The first-order valence-corrected chi connectivity index (χ1v) is 7.43. The van der Waals surface area contributed by atoms with Crippen molar-refractivity contribution in [2.75, 3.05) is 12.0 Å². The molecule has 1 rings (SSSR count). The zero-order valence-electron chi connectivity index (χ0n) is 7.70. The first kappa shape index (κ1) is 11.9. The molecule has 14 heavy (non-hydrogen) atoms. The summed E-state index contributed by atoms with van der Waals surface area (Å²) in [5, 5.41) is 0. The SMILES string of the molecule is Cc1sc(C(=O)CS(C)(=O)=O)cc1Br. The summed E-state index contributed by atoms with van der Waals surface area (Å²) < 4.78 is 22.6. The Hall–Kier alpha value is -0.200. The minimum absolute atomic E-state index is 0.341. The van der Waals surface area contributed by atoms with E-state index in [-0.39, 0.29) is 5.78 Å². The van der Waals surface area contributed by atoms with Gasteiger partial charge < -0.3 is 0 Å². The largest absolute Gasteiger partial charge is 0.292 e. The number of halogens is 1. The quantitative estimate of drug-likeness (QED) is 0.802. The zero-order chi connectivity index (χ0) is 10.9. The molecule has 1 heterocycles. The van der Waals surface area contributed by atoms with Crippen molar-refractivity contribution >= 4 is 42.9 Å². The fourth-order valence-corrected chi connectivity index (χ4v) is 3.10. The van der Waals surface area contributed by atoms with Gasteiger partial charge in [0.05, 0.1) is 4.88 Å². The molecule has 0 saturated carbocycles. The molecule has 0 atom stereocenters. The van der Waals surface area contributed by atoms with Crippen LogP contribution in [-0.4, -0.2) is 26.2 Å². The van der Waals surface area contributed by atoms with Gasteiger partial charge in [0, 0.05) is 15.6 Å². The van der Waals surface area contributed by atoms with Crippen molar-refractivity contribution in [2.45, 2.75) is 6.92 Å². The summed E-state index contributed by atoms with van der Waals surface area (Å²) in [5.74, 6) is -0.759. The fraction of sp³-hybridized carbons (Fsp3) is 0.375. The minimum atomic E-state index is -3.23. The number of aryl methyl sites for hydroxylation is 1. The molecule has 0 unspecified atom stereocenters. The Morgan fingerprint density at radius 3 is 2.50 bits per heavy atom. The van der Waals surface area contributed by atoms with Crippen LogP contribution in [0.4, 0.5) is 0 Å². The van der Waals surface area contributed by atoms with Gasteiger partial charge in [0.2, 0.25) is 0 Å². The van der Waals surface area contributed by atoms with Crippen LogP contribution in [0, 0.1) is 6.92 Å². The molecule has 3 nitrogen and oxygen atoms in total. The third kappa shape index (κ3) is 3.18. The molecular formula is C8H9BrO3S2. The maximum absolute atomic E-state index is 11.4. The van der Waals surface area contributed by atoms with Gasteiger partial charge in [-0.05, 0) is 28.9 Å². The molecule has 0 saturated heterocycles. The van der Waals surface area contributed by atoms with E-state index in [0.717, 1.165) is 15.6 Å². The van der Waals surface area contributed by atoms with Crippen molar-refractivity contribution in [3.05, 3.63) is 20.3 Å². The topological polar surface area (TPSA) is 51.2 Å². The summed E-state index contributed by atoms with van der Waals surface area (Å²) in [6.07, 6.45) is 1.06. The van der Waals surface area contributed by atoms with Crippen molar-refractivity contribution in [1.29, 1.82) is 0 Å². The third-order valence-corrected chi connectivity index (χ3v) is 4.49. The van der Waals surface area contributed by atoms with Gasteiger partial charge in [-0.3, -0.25) is 4.79 Å². The predicted octanol–water partition coefficient (Wildman–Crippen LogP) is 2.05. The minimum Gasteiger partial charge on any atom is -0.292 e. The molecule has 0 amide bonds. The maximum atomic E-state index is 11.4. The van der Waals surface area contributed by atoms with Crippen LogP contribution in [0.2, 0.25) is 0 Å². The first-order chi connectivity index (χ1) is 6.29. The van der Waals surface area contributed by atoms with Crippen LogP contribution in [0.1, 0.15) is 14.5 Å². The molecule has 0 aromatic carbocycles. The number of hydrogen-bond donors (Lipinski definition) is 0. The highest BCUT2D eigenvalue weighted by atomic mass is 79.9. The van der Waals surface area contributed by atoms with Crippen LogP contribution < -0.4 is 0 Å². The van der Waals surface area contributed by atoms with E-state index in [1.54, 1.807) is 6.07 Å². The van der Waals surface area contributed by atoms with Crippen molar-refractivity contribution in [1.82, 2.24) is 0 Å². The summed E-state index contributed by atoms with van der Waals surface area (Å²) in [6.45, 7) is 1.87. The van der Waals surface area contributed by atoms with Gasteiger partial charge in [0.1, 0.15) is 5.75 Å². The highest BCUT2D eigenvalue weighted by Gasteiger charge is 2.16. The van der Waals surface area contributed by atoms with Gasteiger partial charge in [0.25, 0.3) is 0 Å². The van der Waals surface area contributed by atoms with Crippen LogP contribution in [0.3, 0.4) is 0 Å². The highest BCUT2D eigenvalue weighted by Crippen LogP contribution is 2.26. The number of ketones is 1. The number of rotatable bonds is 3. The van der Waals surface area contributed by atoms with E-state index in [1.165, 1.54) is 11.3 Å². The number of carbonyl (C=O) groups is 1. The smallest absolute Gasteiger partial charge is 0.187 e. The van der Waals surface area contributed by atoms with E-state index in [9.17, 15) is 13.2 Å². The maximum Gasteiger partial charge on any atom is 0.187 e. The van der Waals surface area contributed by atoms with E-state index in [2.05, 4.69) is 15.9 Å². The third-order valence-electron chi connectivity index (χ3n) is 1.53. The molecule has 0 spiro atoms. The van der Waals surface area contributed by atoms with Crippen molar-refractivity contribution in [3.63, 3.8) is 0 Å². The lowest BCUT2D eigenvalue weighted by molar-refractivity contribution is 0.102. The van der Waals surface area contributed by atoms with Gasteiger partial charge >= 0.3 is 0 Å². The van der Waals surface area contributed by atoms with Gasteiger partial charge in [-0.25, -0.2) is 8.42 Å². The highest BCUT2D eigenvalue weighted by molar-refractivity contribution is 9.10. The number of carbonyl (C=O) groups excluding carboxylic acids is 1. The fourth-order valence-electron chi connectivity index (χ4n) is 0.907. The molecular weight excluding hydrogens is 288 g/mol. The molecule has 1 aromatic rings. The van der Waals surface area contributed by atoms with E-state index < -0.39 is 15.6 Å². The second-order valence-corrected chi connectivity index (χ2v) is 7.26. The second kappa shape index (κ2) is 4.12.